The lowest BCUT2D eigenvalue weighted by Crippen LogP contribution is -2.26. The van der Waals surface area contributed by atoms with Gasteiger partial charge in [0.15, 0.2) is 0 Å². The van der Waals surface area contributed by atoms with Crippen LogP contribution < -0.4 is 0 Å². The summed E-state index contributed by atoms with van der Waals surface area (Å²) in [5.41, 5.74) is 3.32. The largest absolute Gasteiger partial charge is 0.507 e. The van der Waals surface area contributed by atoms with E-state index in [1.807, 2.05) is 31.2 Å². The Kier molecular flexibility index (Phi) is 4.08. The molecular weight excluding hydrogens is 250 g/mol. The molecule has 1 N–H and O–H groups in total. The number of rotatable bonds is 3. The number of para-hydroxylation sites is 1. The Hall–Kier alpha value is -2.29. The first-order valence-corrected chi connectivity index (χ1v) is 6.58. The molecule has 0 radical (unpaired) electrons. The Labute approximate surface area is 119 Å². The van der Waals surface area contributed by atoms with Gasteiger partial charge in [0.25, 0.3) is 5.91 Å². The first-order chi connectivity index (χ1) is 9.49. The molecule has 1 amide bonds. The third-order valence-electron chi connectivity index (χ3n) is 3.36. The summed E-state index contributed by atoms with van der Waals surface area (Å²) in [6, 6.07) is 13.3. The van der Waals surface area contributed by atoms with Gasteiger partial charge in [-0.15, -0.1) is 0 Å². The van der Waals surface area contributed by atoms with Crippen LogP contribution in [0.5, 0.6) is 5.75 Å². The van der Waals surface area contributed by atoms with Crippen LogP contribution in [0.1, 0.15) is 27.0 Å². The second kappa shape index (κ2) is 5.78. The number of amides is 1. The molecule has 2 rings (SSSR count). The van der Waals surface area contributed by atoms with Gasteiger partial charge in [-0.25, -0.2) is 0 Å². The number of carbonyl (C=O) groups is 1. The van der Waals surface area contributed by atoms with E-state index in [1.165, 1.54) is 5.56 Å². The molecular formula is C17H19NO2. The van der Waals surface area contributed by atoms with Crippen LogP contribution in [0.4, 0.5) is 0 Å². The zero-order valence-corrected chi connectivity index (χ0v) is 12.1. The highest BCUT2D eigenvalue weighted by molar-refractivity contribution is 5.97. The zero-order valence-electron chi connectivity index (χ0n) is 12.1. The van der Waals surface area contributed by atoms with Crippen LogP contribution in [0.3, 0.4) is 0 Å². The van der Waals surface area contributed by atoms with Crippen molar-refractivity contribution < 1.29 is 9.90 Å². The molecule has 0 aliphatic heterocycles. The summed E-state index contributed by atoms with van der Waals surface area (Å²) in [5, 5.41) is 9.97. The molecule has 0 saturated carbocycles. The van der Waals surface area contributed by atoms with Crippen molar-refractivity contribution >= 4 is 5.91 Å². The fourth-order valence-electron chi connectivity index (χ4n) is 2.08. The molecule has 0 fully saturated rings. The number of aromatic hydroxyl groups is 1. The topological polar surface area (TPSA) is 40.5 Å². The molecule has 3 heteroatoms. The van der Waals surface area contributed by atoms with Crippen molar-refractivity contribution in [3.8, 4) is 5.75 Å². The highest BCUT2D eigenvalue weighted by Crippen LogP contribution is 2.23. The number of nitrogens with zero attached hydrogens (tertiary/aromatic N) is 1. The van der Waals surface area contributed by atoms with Crippen molar-refractivity contribution in [1.29, 1.82) is 0 Å². The van der Waals surface area contributed by atoms with Crippen LogP contribution in [-0.2, 0) is 6.54 Å². The molecule has 0 atom stereocenters. The SMILES string of the molecule is Cc1ccc(CN(C)C(=O)c2cccc(C)c2O)cc1. The quantitative estimate of drug-likeness (QED) is 0.929. The summed E-state index contributed by atoms with van der Waals surface area (Å²) in [6.45, 7) is 4.34. The van der Waals surface area contributed by atoms with E-state index >= 15 is 0 Å². The standard InChI is InChI=1S/C17H19NO2/c1-12-7-9-14(10-8-12)11-18(3)17(20)15-6-4-5-13(2)16(15)19/h4-10,19H,11H2,1-3H3. The number of hydrogen-bond donors (Lipinski definition) is 1. The van der Waals surface area contributed by atoms with Crippen molar-refractivity contribution in [3.05, 3.63) is 64.7 Å². The summed E-state index contributed by atoms with van der Waals surface area (Å²) in [6.07, 6.45) is 0. The Morgan fingerprint density at radius 3 is 2.40 bits per heavy atom. The first-order valence-electron chi connectivity index (χ1n) is 6.58. The van der Waals surface area contributed by atoms with Crippen LogP contribution in [-0.4, -0.2) is 23.0 Å². The van der Waals surface area contributed by atoms with Crippen LogP contribution in [0.2, 0.25) is 0 Å². The molecule has 0 unspecified atom stereocenters. The van der Waals surface area contributed by atoms with E-state index in [0.717, 1.165) is 5.56 Å². The Morgan fingerprint density at radius 2 is 1.75 bits per heavy atom. The van der Waals surface area contributed by atoms with Crippen LogP contribution in [0.25, 0.3) is 0 Å². The zero-order chi connectivity index (χ0) is 14.7. The number of aryl methyl sites for hydroxylation is 2. The van der Waals surface area contributed by atoms with Gasteiger partial charge in [-0.1, -0.05) is 42.0 Å². The van der Waals surface area contributed by atoms with Gasteiger partial charge in [0, 0.05) is 13.6 Å². The van der Waals surface area contributed by atoms with Crippen LogP contribution in [0, 0.1) is 13.8 Å². The maximum atomic E-state index is 12.4. The van der Waals surface area contributed by atoms with Gasteiger partial charge < -0.3 is 10.0 Å². The van der Waals surface area contributed by atoms with E-state index in [-0.39, 0.29) is 11.7 Å². The van der Waals surface area contributed by atoms with Gasteiger partial charge in [-0.3, -0.25) is 4.79 Å². The lowest BCUT2D eigenvalue weighted by atomic mass is 10.1. The molecule has 20 heavy (non-hydrogen) atoms. The second-order valence-corrected chi connectivity index (χ2v) is 5.12. The van der Waals surface area contributed by atoms with Gasteiger partial charge in [-0.05, 0) is 31.0 Å². The summed E-state index contributed by atoms with van der Waals surface area (Å²) >= 11 is 0. The highest BCUT2D eigenvalue weighted by atomic mass is 16.3. The highest BCUT2D eigenvalue weighted by Gasteiger charge is 2.16. The summed E-state index contributed by atoms with van der Waals surface area (Å²) in [7, 11) is 1.74. The predicted octanol–water partition coefficient (Wildman–Crippen LogP) is 3.28. The number of phenolic OH excluding ortho intramolecular Hbond substituents is 1. The fourth-order valence-corrected chi connectivity index (χ4v) is 2.08. The first kappa shape index (κ1) is 14.1. The maximum absolute atomic E-state index is 12.4. The molecule has 0 aromatic heterocycles. The normalized spacial score (nSPS) is 10.3. The van der Waals surface area contributed by atoms with Crippen LogP contribution in [0.15, 0.2) is 42.5 Å². The molecule has 2 aromatic carbocycles. The molecule has 0 bridgehead atoms. The number of benzene rings is 2. The van der Waals surface area contributed by atoms with Crippen LogP contribution >= 0.6 is 0 Å². The predicted molar refractivity (Wildman–Crippen MR) is 79.8 cm³/mol. The lowest BCUT2D eigenvalue weighted by molar-refractivity contribution is 0.0782. The lowest BCUT2D eigenvalue weighted by Gasteiger charge is -2.18. The third-order valence-corrected chi connectivity index (χ3v) is 3.36. The van der Waals surface area contributed by atoms with Crippen molar-refractivity contribution in [3.63, 3.8) is 0 Å². The number of hydrogen-bond acceptors (Lipinski definition) is 2. The smallest absolute Gasteiger partial charge is 0.257 e. The van der Waals surface area contributed by atoms with Crippen molar-refractivity contribution in [1.82, 2.24) is 4.90 Å². The van der Waals surface area contributed by atoms with E-state index in [2.05, 4.69) is 0 Å². The van der Waals surface area contributed by atoms with E-state index < -0.39 is 0 Å². The molecule has 3 nitrogen and oxygen atoms in total. The fraction of sp³-hybridized carbons (Fsp3) is 0.235. The van der Waals surface area contributed by atoms with Gasteiger partial charge in [-0.2, -0.15) is 0 Å². The monoisotopic (exact) mass is 269 g/mol. The molecule has 0 spiro atoms. The van der Waals surface area contributed by atoms with Crippen molar-refractivity contribution in [2.75, 3.05) is 7.05 Å². The van der Waals surface area contributed by atoms with Gasteiger partial charge in [0.2, 0.25) is 0 Å². The summed E-state index contributed by atoms with van der Waals surface area (Å²) in [5.74, 6) is -0.111. The van der Waals surface area contributed by atoms with Crippen molar-refractivity contribution in [2.45, 2.75) is 20.4 Å². The molecule has 0 aliphatic carbocycles. The second-order valence-electron chi connectivity index (χ2n) is 5.12. The van der Waals surface area contributed by atoms with Crippen molar-refractivity contribution in [2.24, 2.45) is 0 Å². The molecule has 0 heterocycles. The minimum absolute atomic E-state index is 0.0632. The Morgan fingerprint density at radius 1 is 1.10 bits per heavy atom. The summed E-state index contributed by atoms with van der Waals surface area (Å²) in [4.78, 5) is 14.0. The van der Waals surface area contributed by atoms with Gasteiger partial charge >= 0.3 is 0 Å². The number of phenols is 1. The average Bonchev–Trinajstić information content (AvgIpc) is 2.43. The molecule has 104 valence electrons. The van der Waals surface area contributed by atoms with E-state index in [1.54, 1.807) is 37.1 Å². The third kappa shape index (κ3) is 2.99. The number of carbonyl (C=O) groups excluding carboxylic acids is 1. The van der Waals surface area contributed by atoms with E-state index in [9.17, 15) is 9.90 Å². The van der Waals surface area contributed by atoms with E-state index in [0.29, 0.717) is 17.7 Å². The summed E-state index contributed by atoms with van der Waals surface area (Å²) < 4.78 is 0. The minimum atomic E-state index is -0.174. The average molecular weight is 269 g/mol. The molecule has 0 aliphatic rings. The Balaban J connectivity index is 2.16. The van der Waals surface area contributed by atoms with Gasteiger partial charge in [0.1, 0.15) is 5.75 Å². The minimum Gasteiger partial charge on any atom is -0.507 e. The Bertz CT molecular complexity index is 617. The molecule has 2 aromatic rings. The molecule has 0 saturated heterocycles. The van der Waals surface area contributed by atoms with Gasteiger partial charge in [0.05, 0.1) is 5.56 Å². The van der Waals surface area contributed by atoms with E-state index in [4.69, 9.17) is 0 Å². The maximum Gasteiger partial charge on any atom is 0.257 e.